The number of nitrogens with two attached hydrogens (primary N) is 1. The summed E-state index contributed by atoms with van der Waals surface area (Å²) in [6, 6.07) is 6.80. The predicted molar refractivity (Wildman–Crippen MR) is 70.8 cm³/mol. The van der Waals surface area contributed by atoms with Gasteiger partial charge in [0.2, 0.25) is 0 Å². The number of carbonyl (C=O) groups excluding carboxylic acids is 2. The maximum Gasteiger partial charge on any atom is 0.258 e. The highest BCUT2D eigenvalue weighted by Crippen LogP contribution is 2.32. The fraction of sp³-hybridized carbons (Fsp3) is 0.429. The molecule has 2 rings (SSSR count). The molecule has 1 fully saturated rings. The third kappa shape index (κ3) is 3.71. The van der Waals surface area contributed by atoms with E-state index < -0.39 is 5.91 Å². The van der Waals surface area contributed by atoms with Crippen LogP contribution < -0.4 is 15.8 Å². The maximum atomic E-state index is 11.7. The second-order valence-electron chi connectivity index (χ2n) is 4.84. The third-order valence-corrected chi connectivity index (χ3v) is 3.23. The van der Waals surface area contributed by atoms with E-state index in [-0.39, 0.29) is 24.1 Å². The van der Waals surface area contributed by atoms with Gasteiger partial charge in [-0.1, -0.05) is 12.1 Å². The predicted octanol–water partition coefficient (Wildman–Crippen LogP) is 1.08. The lowest BCUT2D eigenvalue weighted by molar-refractivity contribution is -0.123. The SMILES string of the molecule is CC(NC(=O)COc1ccccc1C(N)=O)C1CC1. The quantitative estimate of drug-likeness (QED) is 0.804. The molecule has 5 nitrogen and oxygen atoms in total. The van der Waals surface area contributed by atoms with Crippen LogP contribution in [0.25, 0.3) is 0 Å². The normalized spacial score (nSPS) is 15.6. The minimum absolute atomic E-state index is 0.110. The largest absolute Gasteiger partial charge is 0.483 e. The van der Waals surface area contributed by atoms with Crippen LogP contribution in [0.4, 0.5) is 0 Å². The molecular weight excluding hydrogens is 244 g/mol. The molecule has 5 heteroatoms. The van der Waals surface area contributed by atoms with Crippen molar-refractivity contribution in [2.24, 2.45) is 11.7 Å². The first-order valence-electron chi connectivity index (χ1n) is 6.39. The highest BCUT2D eigenvalue weighted by Gasteiger charge is 2.28. The summed E-state index contributed by atoms with van der Waals surface area (Å²) in [6.45, 7) is 1.88. The fourth-order valence-electron chi connectivity index (χ4n) is 1.95. The molecule has 0 aliphatic heterocycles. The Labute approximate surface area is 112 Å². The van der Waals surface area contributed by atoms with Gasteiger partial charge in [0.1, 0.15) is 5.75 Å². The van der Waals surface area contributed by atoms with Gasteiger partial charge in [0.05, 0.1) is 5.56 Å². The molecule has 0 saturated heterocycles. The van der Waals surface area contributed by atoms with Crippen LogP contribution in [0.5, 0.6) is 5.75 Å². The van der Waals surface area contributed by atoms with E-state index in [2.05, 4.69) is 5.32 Å². The van der Waals surface area contributed by atoms with E-state index in [9.17, 15) is 9.59 Å². The molecule has 1 aliphatic carbocycles. The van der Waals surface area contributed by atoms with Crippen LogP contribution >= 0.6 is 0 Å². The number of para-hydroxylation sites is 1. The number of hydrogen-bond acceptors (Lipinski definition) is 3. The van der Waals surface area contributed by atoms with Crippen LogP contribution in [0.1, 0.15) is 30.1 Å². The molecule has 102 valence electrons. The number of carbonyl (C=O) groups is 2. The minimum atomic E-state index is -0.567. The summed E-state index contributed by atoms with van der Waals surface area (Å²) in [5.41, 5.74) is 5.51. The van der Waals surface area contributed by atoms with Crippen molar-refractivity contribution in [2.75, 3.05) is 6.61 Å². The highest BCUT2D eigenvalue weighted by atomic mass is 16.5. The standard InChI is InChI=1S/C14H18N2O3/c1-9(10-6-7-10)16-13(17)8-19-12-5-3-2-4-11(12)14(15)18/h2-5,9-10H,6-8H2,1H3,(H2,15,18)(H,16,17). The first-order chi connectivity index (χ1) is 9.08. The van der Waals surface area contributed by atoms with E-state index in [1.807, 2.05) is 6.92 Å². The maximum absolute atomic E-state index is 11.7. The summed E-state index contributed by atoms with van der Waals surface area (Å²) in [4.78, 5) is 22.9. The molecule has 1 aliphatic rings. The monoisotopic (exact) mass is 262 g/mol. The lowest BCUT2D eigenvalue weighted by Gasteiger charge is -2.14. The summed E-state index contributed by atoms with van der Waals surface area (Å²) in [5.74, 6) is 0.187. The van der Waals surface area contributed by atoms with Crippen molar-refractivity contribution < 1.29 is 14.3 Å². The highest BCUT2D eigenvalue weighted by molar-refractivity contribution is 5.95. The van der Waals surface area contributed by atoms with Gasteiger partial charge in [-0.3, -0.25) is 9.59 Å². The molecule has 1 atom stereocenters. The van der Waals surface area contributed by atoms with Gasteiger partial charge < -0.3 is 15.8 Å². The average molecular weight is 262 g/mol. The van der Waals surface area contributed by atoms with Crippen LogP contribution in [-0.2, 0) is 4.79 Å². The summed E-state index contributed by atoms with van der Waals surface area (Å²) in [5, 5.41) is 2.88. The van der Waals surface area contributed by atoms with Gasteiger partial charge in [-0.15, -0.1) is 0 Å². The number of hydrogen-bond donors (Lipinski definition) is 2. The molecule has 0 radical (unpaired) electrons. The van der Waals surface area contributed by atoms with Crippen molar-refractivity contribution in [3.8, 4) is 5.75 Å². The van der Waals surface area contributed by atoms with Crippen LogP contribution in [0.2, 0.25) is 0 Å². The van der Waals surface area contributed by atoms with Crippen LogP contribution in [-0.4, -0.2) is 24.5 Å². The Balaban J connectivity index is 1.87. The summed E-state index contributed by atoms with van der Waals surface area (Å²) in [6.07, 6.45) is 2.35. The lowest BCUT2D eigenvalue weighted by atomic mass is 10.2. The Morgan fingerprint density at radius 3 is 2.74 bits per heavy atom. The van der Waals surface area contributed by atoms with Crippen molar-refractivity contribution in [3.05, 3.63) is 29.8 Å². The molecule has 3 N–H and O–H groups in total. The van der Waals surface area contributed by atoms with Crippen molar-refractivity contribution >= 4 is 11.8 Å². The molecule has 19 heavy (non-hydrogen) atoms. The number of benzene rings is 1. The van der Waals surface area contributed by atoms with E-state index >= 15 is 0 Å². The van der Waals surface area contributed by atoms with Crippen LogP contribution in [0.3, 0.4) is 0 Å². The van der Waals surface area contributed by atoms with Crippen LogP contribution in [0.15, 0.2) is 24.3 Å². The van der Waals surface area contributed by atoms with E-state index in [0.717, 1.165) is 0 Å². The van der Waals surface area contributed by atoms with Gasteiger partial charge in [0.25, 0.3) is 11.8 Å². The van der Waals surface area contributed by atoms with Gasteiger partial charge in [0.15, 0.2) is 6.61 Å². The van der Waals surface area contributed by atoms with E-state index in [4.69, 9.17) is 10.5 Å². The van der Waals surface area contributed by atoms with Gasteiger partial charge in [-0.05, 0) is 37.8 Å². The lowest BCUT2D eigenvalue weighted by Crippen LogP contribution is -2.37. The molecule has 1 unspecified atom stereocenters. The Bertz CT molecular complexity index is 483. The van der Waals surface area contributed by atoms with Gasteiger partial charge in [-0.2, -0.15) is 0 Å². The van der Waals surface area contributed by atoms with E-state index in [1.165, 1.54) is 12.8 Å². The van der Waals surface area contributed by atoms with E-state index in [1.54, 1.807) is 24.3 Å². The molecule has 0 spiro atoms. The summed E-state index contributed by atoms with van der Waals surface area (Å²) in [7, 11) is 0. The Kier molecular flexibility index (Phi) is 4.04. The molecule has 1 aromatic carbocycles. The molecule has 0 aromatic heterocycles. The van der Waals surface area contributed by atoms with Crippen molar-refractivity contribution in [3.63, 3.8) is 0 Å². The second kappa shape index (κ2) is 5.73. The molecule has 0 heterocycles. The summed E-state index contributed by atoms with van der Waals surface area (Å²) >= 11 is 0. The summed E-state index contributed by atoms with van der Waals surface area (Å²) < 4.78 is 5.35. The van der Waals surface area contributed by atoms with Crippen molar-refractivity contribution in [1.29, 1.82) is 0 Å². The smallest absolute Gasteiger partial charge is 0.258 e. The zero-order valence-electron chi connectivity index (χ0n) is 10.9. The number of primary amides is 1. The van der Waals surface area contributed by atoms with Gasteiger partial charge in [-0.25, -0.2) is 0 Å². The molecule has 1 aromatic rings. The number of nitrogens with one attached hydrogen (secondary N) is 1. The molecule has 1 saturated carbocycles. The third-order valence-electron chi connectivity index (χ3n) is 3.23. The topological polar surface area (TPSA) is 81.4 Å². The van der Waals surface area contributed by atoms with Gasteiger partial charge >= 0.3 is 0 Å². The number of rotatable bonds is 6. The average Bonchev–Trinajstić information content (AvgIpc) is 3.20. The van der Waals surface area contributed by atoms with E-state index in [0.29, 0.717) is 11.7 Å². The first-order valence-corrected chi connectivity index (χ1v) is 6.39. The zero-order valence-corrected chi connectivity index (χ0v) is 10.9. The van der Waals surface area contributed by atoms with Gasteiger partial charge in [0, 0.05) is 6.04 Å². The molecule has 0 bridgehead atoms. The zero-order chi connectivity index (χ0) is 13.8. The Morgan fingerprint density at radius 2 is 2.11 bits per heavy atom. The van der Waals surface area contributed by atoms with Crippen LogP contribution in [0, 0.1) is 5.92 Å². The minimum Gasteiger partial charge on any atom is -0.483 e. The Hall–Kier alpha value is -2.04. The second-order valence-corrected chi connectivity index (χ2v) is 4.84. The number of amides is 2. The molecule has 2 amide bonds. The number of ether oxygens (including phenoxy) is 1. The van der Waals surface area contributed by atoms with Crippen molar-refractivity contribution in [1.82, 2.24) is 5.32 Å². The Morgan fingerprint density at radius 1 is 1.42 bits per heavy atom. The molecular formula is C14H18N2O3. The fourth-order valence-corrected chi connectivity index (χ4v) is 1.95. The van der Waals surface area contributed by atoms with Crippen molar-refractivity contribution in [2.45, 2.75) is 25.8 Å². The first kappa shape index (κ1) is 13.4.